The molecular formula is C14H22ClN3O3. The summed E-state index contributed by atoms with van der Waals surface area (Å²) in [5, 5.41) is 17.0. The summed E-state index contributed by atoms with van der Waals surface area (Å²) in [6.07, 6.45) is 5.80. The Morgan fingerprint density at radius 3 is 2.86 bits per heavy atom. The van der Waals surface area contributed by atoms with Crippen molar-refractivity contribution in [2.24, 2.45) is 5.41 Å². The predicted molar refractivity (Wildman–Crippen MR) is 81.9 cm³/mol. The first kappa shape index (κ1) is 16.3. The van der Waals surface area contributed by atoms with Gasteiger partial charge < -0.3 is 15.2 Å². The molecule has 1 aliphatic carbocycles. The average molecular weight is 316 g/mol. The molecule has 0 amide bonds. The molecule has 0 aromatic carbocycles. The highest BCUT2D eigenvalue weighted by molar-refractivity contribution is 6.32. The second-order valence-electron chi connectivity index (χ2n) is 5.61. The Morgan fingerprint density at radius 1 is 1.52 bits per heavy atom. The summed E-state index contributed by atoms with van der Waals surface area (Å²) in [5.74, 6) is 0. The van der Waals surface area contributed by atoms with E-state index in [1.54, 1.807) is 13.3 Å². The van der Waals surface area contributed by atoms with Crippen molar-refractivity contribution in [2.75, 3.05) is 32.2 Å². The maximum Gasteiger partial charge on any atom is 0.287 e. The van der Waals surface area contributed by atoms with E-state index in [0.717, 1.165) is 25.7 Å². The summed E-state index contributed by atoms with van der Waals surface area (Å²) in [4.78, 5) is 12.1. The molecule has 6 nitrogen and oxygen atoms in total. The van der Waals surface area contributed by atoms with Crippen LogP contribution in [0.4, 0.5) is 5.69 Å². The van der Waals surface area contributed by atoms with Crippen LogP contribution in [0.2, 0.25) is 5.02 Å². The highest BCUT2D eigenvalue weighted by Gasteiger charge is 2.33. The van der Waals surface area contributed by atoms with E-state index in [-0.39, 0.29) is 22.6 Å². The van der Waals surface area contributed by atoms with E-state index >= 15 is 0 Å². The number of methoxy groups -OCH3 is 1. The largest absolute Gasteiger partial charge is 0.396 e. The van der Waals surface area contributed by atoms with E-state index in [0.29, 0.717) is 25.4 Å². The summed E-state index contributed by atoms with van der Waals surface area (Å²) in [6.45, 7) is 1.53. The lowest BCUT2D eigenvalue weighted by atomic mass is 9.87. The highest BCUT2D eigenvalue weighted by atomic mass is 35.5. The van der Waals surface area contributed by atoms with Gasteiger partial charge in [-0.2, -0.15) is 5.10 Å². The molecule has 118 valence electrons. The second-order valence-corrected chi connectivity index (χ2v) is 5.99. The zero-order valence-corrected chi connectivity index (χ0v) is 13.0. The third kappa shape index (κ3) is 3.75. The van der Waals surface area contributed by atoms with Crippen molar-refractivity contribution in [3.63, 3.8) is 0 Å². The molecule has 0 saturated heterocycles. The fourth-order valence-electron chi connectivity index (χ4n) is 2.72. The Balaban J connectivity index is 2.07. The van der Waals surface area contributed by atoms with Crippen LogP contribution in [0.15, 0.2) is 11.0 Å². The van der Waals surface area contributed by atoms with Gasteiger partial charge in [-0.25, -0.2) is 4.68 Å². The van der Waals surface area contributed by atoms with Crippen LogP contribution in [0.1, 0.15) is 25.7 Å². The zero-order chi connectivity index (χ0) is 15.3. The van der Waals surface area contributed by atoms with E-state index in [2.05, 4.69) is 10.4 Å². The summed E-state index contributed by atoms with van der Waals surface area (Å²) < 4.78 is 6.21. The van der Waals surface area contributed by atoms with Gasteiger partial charge in [0.15, 0.2) is 0 Å². The number of aliphatic hydroxyl groups is 1. The van der Waals surface area contributed by atoms with Gasteiger partial charge in [0.05, 0.1) is 31.6 Å². The van der Waals surface area contributed by atoms with Crippen LogP contribution in [-0.2, 0) is 11.3 Å². The number of aromatic nitrogens is 2. The summed E-state index contributed by atoms with van der Waals surface area (Å²) in [5.41, 5.74) is 0.0899. The van der Waals surface area contributed by atoms with E-state index in [1.807, 2.05) is 0 Å². The van der Waals surface area contributed by atoms with Crippen molar-refractivity contribution in [3.05, 3.63) is 21.6 Å². The smallest absolute Gasteiger partial charge is 0.287 e. The fraction of sp³-hybridized carbons (Fsp3) is 0.714. The van der Waals surface area contributed by atoms with Gasteiger partial charge >= 0.3 is 0 Å². The van der Waals surface area contributed by atoms with Crippen molar-refractivity contribution in [3.8, 4) is 0 Å². The number of hydrogen-bond donors (Lipinski definition) is 2. The number of aliphatic hydroxyl groups excluding tert-OH is 1. The van der Waals surface area contributed by atoms with Gasteiger partial charge in [0.1, 0.15) is 5.02 Å². The highest BCUT2D eigenvalue weighted by Crippen LogP contribution is 2.37. The molecule has 21 heavy (non-hydrogen) atoms. The Kier molecular flexibility index (Phi) is 5.61. The van der Waals surface area contributed by atoms with Crippen LogP contribution in [0.3, 0.4) is 0 Å². The molecule has 1 fully saturated rings. The topological polar surface area (TPSA) is 76.4 Å². The number of rotatable bonds is 7. The number of nitrogens with one attached hydrogen (secondary N) is 1. The Morgan fingerprint density at radius 2 is 2.24 bits per heavy atom. The van der Waals surface area contributed by atoms with Gasteiger partial charge in [0, 0.05) is 19.1 Å². The molecule has 1 saturated carbocycles. The van der Waals surface area contributed by atoms with Crippen LogP contribution in [0, 0.1) is 5.41 Å². The first-order valence-corrected chi connectivity index (χ1v) is 7.59. The molecule has 0 aliphatic heterocycles. The van der Waals surface area contributed by atoms with Crippen LogP contribution in [0.5, 0.6) is 0 Å². The molecule has 0 unspecified atom stereocenters. The van der Waals surface area contributed by atoms with Crippen LogP contribution < -0.4 is 10.9 Å². The molecule has 2 N–H and O–H groups in total. The zero-order valence-electron chi connectivity index (χ0n) is 12.3. The molecular weight excluding hydrogens is 294 g/mol. The number of hydrogen-bond acceptors (Lipinski definition) is 5. The van der Waals surface area contributed by atoms with E-state index in [1.165, 1.54) is 4.68 Å². The summed E-state index contributed by atoms with van der Waals surface area (Å²) in [6, 6.07) is 0. The molecule has 0 radical (unpaired) electrons. The number of ether oxygens (including phenoxy) is 1. The molecule has 1 aromatic rings. The predicted octanol–water partition coefficient (Wildman–Crippen LogP) is 1.51. The van der Waals surface area contributed by atoms with Gasteiger partial charge in [-0.15, -0.1) is 0 Å². The third-order valence-corrected chi connectivity index (χ3v) is 4.51. The van der Waals surface area contributed by atoms with Crippen molar-refractivity contribution < 1.29 is 9.84 Å². The number of anilines is 1. The molecule has 1 aromatic heterocycles. The minimum atomic E-state index is -0.330. The van der Waals surface area contributed by atoms with Crippen LogP contribution in [-0.4, -0.2) is 41.8 Å². The summed E-state index contributed by atoms with van der Waals surface area (Å²) >= 11 is 6.11. The molecule has 2 rings (SSSR count). The quantitative estimate of drug-likeness (QED) is 0.797. The van der Waals surface area contributed by atoms with Gasteiger partial charge in [0.25, 0.3) is 5.56 Å². The normalized spacial score (nSPS) is 17.1. The van der Waals surface area contributed by atoms with Crippen molar-refractivity contribution >= 4 is 17.3 Å². The van der Waals surface area contributed by atoms with Crippen molar-refractivity contribution in [1.82, 2.24) is 9.78 Å². The fourth-order valence-corrected chi connectivity index (χ4v) is 2.94. The lowest BCUT2D eigenvalue weighted by molar-refractivity contribution is 0.142. The number of nitrogens with zero attached hydrogens (tertiary/aromatic N) is 2. The van der Waals surface area contributed by atoms with Crippen molar-refractivity contribution in [2.45, 2.75) is 32.2 Å². The van der Waals surface area contributed by atoms with Gasteiger partial charge in [0.2, 0.25) is 0 Å². The Hall–Kier alpha value is -1.11. The summed E-state index contributed by atoms with van der Waals surface area (Å²) in [7, 11) is 1.57. The van der Waals surface area contributed by atoms with Gasteiger partial charge in [-0.05, 0) is 12.8 Å². The molecule has 0 spiro atoms. The maximum absolute atomic E-state index is 12.1. The van der Waals surface area contributed by atoms with Crippen molar-refractivity contribution in [1.29, 1.82) is 0 Å². The maximum atomic E-state index is 12.1. The molecule has 0 atom stereocenters. The van der Waals surface area contributed by atoms with Crippen LogP contribution in [0.25, 0.3) is 0 Å². The lowest BCUT2D eigenvalue weighted by Crippen LogP contribution is -2.32. The van der Waals surface area contributed by atoms with Gasteiger partial charge in [-0.3, -0.25) is 4.79 Å². The molecule has 1 heterocycles. The Bertz CT molecular complexity index is 527. The SMILES string of the molecule is COCCn1ncc(NCC2(CO)CCCC2)c(Cl)c1=O. The first-order valence-electron chi connectivity index (χ1n) is 7.21. The monoisotopic (exact) mass is 315 g/mol. The second kappa shape index (κ2) is 7.24. The van der Waals surface area contributed by atoms with E-state index in [4.69, 9.17) is 16.3 Å². The molecule has 1 aliphatic rings. The standard InChI is InChI=1S/C14H22ClN3O3/c1-21-7-6-18-13(20)12(15)11(8-17-18)16-9-14(10-19)4-2-3-5-14/h8,16,19H,2-7,9-10H2,1H3. The van der Waals surface area contributed by atoms with E-state index in [9.17, 15) is 9.90 Å². The first-order chi connectivity index (χ1) is 10.1. The minimum absolute atomic E-state index is 0.103. The van der Waals surface area contributed by atoms with E-state index < -0.39 is 0 Å². The van der Waals surface area contributed by atoms with Crippen LogP contribution >= 0.6 is 11.6 Å². The van der Waals surface area contributed by atoms with Gasteiger partial charge in [-0.1, -0.05) is 24.4 Å². The average Bonchev–Trinajstić information content (AvgIpc) is 2.97. The molecule has 7 heteroatoms. The third-order valence-electron chi connectivity index (χ3n) is 4.15. The number of halogens is 1. The lowest BCUT2D eigenvalue weighted by Gasteiger charge is -2.27. The molecule has 0 bridgehead atoms. The minimum Gasteiger partial charge on any atom is -0.396 e. The Labute approximate surface area is 129 Å².